The SMILES string of the molecule is Cc1cc(N2CCC3(CC2)OCCO3)cc(C)c1NC(=O)CC(C)(C)C. The second-order valence-electron chi connectivity index (χ2n) is 8.83. The number of nitrogens with zero attached hydrogens (tertiary/aromatic N) is 1. The van der Waals surface area contributed by atoms with E-state index in [1.54, 1.807) is 0 Å². The van der Waals surface area contributed by atoms with Gasteiger partial charge in [-0.1, -0.05) is 20.8 Å². The number of amides is 1. The predicted molar refractivity (Wildman–Crippen MR) is 105 cm³/mol. The molecule has 5 heteroatoms. The van der Waals surface area contributed by atoms with Crippen LogP contribution < -0.4 is 10.2 Å². The van der Waals surface area contributed by atoms with Crippen molar-refractivity contribution < 1.29 is 14.3 Å². The zero-order chi connectivity index (χ0) is 18.9. The molecule has 1 aromatic rings. The predicted octanol–water partition coefficient (Wildman–Crippen LogP) is 4.02. The normalized spacial score (nSPS) is 19.8. The van der Waals surface area contributed by atoms with Crippen molar-refractivity contribution in [3.05, 3.63) is 23.3 Å². The highest BCUT2D eigenvalue weighted by Gasteiger charge is 2.39. The molecular formula is C21H32N2O3. The number of hydrogen-bond donors (Lipinski definition) is 1. The van der Waals surface area contributed by atoms with E-state index < -0.39 is 0 Å². The third-order valence-electron chi connectivity index (χ3n) is 5.18. The second-order valence-corrected chi connectivity index (χ2v) is 8.83. The molecule has 5 nitrogen and oxygen atoms in total. The van der Waals surface area contributed by atoms with Gasteiger partial charge in [0.2, 0.25) is 5.91 Å². The lowest BCUT2D eigenvalue weighted by atomic mass is 9.92. The minimum atomic E-state index is -0.346. The monoisotopic (exact) mass is 360 g/mol. The molecule has 144 valence electrons. The van der Waals surface area contributed by atoms with Crippen LogP contribution in [0.15, 0.2) is 12.1 Å². The zero-order valence-electron chi connectivity index (χ0n) is 16.8. The van der Waals surface area contributed by atoms with Crippen LogP contribution >= 0.6 is 0 Å². The Bertz CT molecular complexity index is 639. The van der Waals surface area contributed by atoms with Crippen LogP contribution in [0.5, 0.6) is 0 Å². The Kier molecular flexibility index (Phi) is 5.31. The fourth-order valence-corrected chi connectivity index (χ4v) is 3.88. The van der Waals surface area contributed by atoms with Crippen molar-refractivity contribution in [2.45, 2.75) is 59.7 Å². The smallest absolute Gasteiger partial charge is 0.224 e. The van der Waals surface area contributed by atoms with Crippen molar-refractivity contribution in [3.63, 3.8) is 0 Å². The first-order valence-corrected chi connectivity index (χ1v) is 9.61. The minimum Gasteiger partial charge on any atom is -0.371 e. The van der Waals surface area contributed by atoms with Crippen molar-refractivity contribution in [2.24, 2.45) is 5.41 Å². The van der Waals surface area contributed by atoms with Crippen LogP contribution in [0.2, 0.25) is 0 Å². The molecule has 1 amide bonds. The van der Waals surface area contributed by atoms with E-state index in [4.69, 9.17) is 9.47 Å². The molecule has 0 aromatic heterocycles. The van der Waals surface area contributed by atoms with Gasteiger partial charge in [0.05, 0.1) is 13.2 Å². The number of ether oxygens (including phenoxy) is 2. The van der Waals surface area contributed by atoms with Crippen LogP contribution in [0.1, 0.15) is 51.2 Å². The lowest BCUT2D eigenvalue weighted by Gasteiger charge is -2.39. The third-order valence-corrected chi connectivity index (χ3v) is 5.18. The number of anilines is 2. The number of carbonyl (C=O) groups is 1. The topological polar surface area (TPSA) is 50.8 Å². The summed E-state index contributed by atoms with van der Waals surface area (Å²) in [6.07, 6.45) is 2.31. The Morgan fingerprint density at radius 3 is 2.15 bits per heavy atom. The Hall–Kier alpha value is -1.59. The Labute approximate surface area is 157 Å². The molecule has 0 atom stereocenters. The van der Waals surface area contributed by atoms with Crippen LogP contribution in [0, 0.1) is 19.3 Å². The summed E-state index contributed by atoms with van der Waals surface area (Å²) in [4.78, 5) is 14.7. The fourth-order valence-electron chi connectivity index (χ4n) is 3.88. The highest BCUT2D eigenvalue weighted by Crippen LogP contribution is 2.35. The van der Waals surface area contributed by atoms with Gasteiger partial charge >= 0.3 is 0 Å². The summed E-state index contributed by atoms with van der Waals surface area (Å²) in [5, 5.41) is 3.11. The molecule has 2 saturated heterocycles. The molecule has 1 spiro atoms. The van der Waals surface area contributed by atoms with E-state index in [2.05, 4.69) is 57.0 Å². The average Bonchev–Trinajstić information content (AvgIpc) is 2.98. The highest BCUT2D eigenvalue weighted by molar-refractivity contribution is 5.93. The summed E-state index contributed by atoms with van der Waals surface area (Å²) < 4.78 is 11.6. The zero-order valence-corrected chi connectivity index (χ0v) is 16.8. The molecule has 0 bridgehead atoms. The summed E-state index contributed by atoms with van der Waals surface area (Å²) in [5.41, 5.74) is 4.35. The number of aryl methyl sites for hydroxylation is 2. The van der Waals surface area contributed by atoms with Gasteiger partial charge in [0.25, 0.3) is 0 Å². The quantitative estimate of drug-likeness (QED) is 0.884. The Balaban J connectivity index is 1.68. The number of benzene rings is 1. The van der Waals surface area contributed by atoms with E-state index in [9.17, 15) is 4.79 Å². The van der Waals surface area contributed by atoms with E-state index in [-0.39, 0.29) is 17.1 Å². The van der Waals surface area contributed by atoms with Gasteiger partial charge < -0.3 is 19.7 Å². The van der Waals surface area contributed by atoms with Gasteiger partial charge in [0.1, 0.15) is 0 Å². The van der Waals surface area contributed by atoms with Crippen LogP contribution in [0.25, 0.3) is 0 Å². The Morgan fingerprint density at radius 1 is 1.12 bits per heavy atom. The first-order valence-electron chi connectivity index (χ1n) is 9.61. The van der Waals surface area contributed by atoms with E-state index >= 15 is 0 Å². The number of rotatable bonds is 3. The number of piperidine rings is 1. The van der Waals surface area contributed by atoms with E-state index in [0.717, 1.165) is 42.7 Å². The van der Waals surface area contributed by atoms with Gasteiger partial charge in [0, 0.05) is 43.7 Å². The van der Waals surface area contributed by atoms with Gasteiger partial charge in [0.15, 0.2) is 5.79 Å². The molecule has 3 rings (SSSR count). The van der Waals surface area contributed by atoms with Crippen LogP contribution in [0.3, 0.4) is 0 Å². The van der Waals surface area contributed by atoms with Crippen molar-refractivity contribution in [2.75, 3.05) is 36.5 Å². The molecule has 0 saturated carbocycles. The first kappa shape index (κ1) is 19.2. The molecular weight excluding hydrogens is 328 g/mol. The van der Waals surface area contributed by atoms with Crippen LogP contribution in [-0.2, 0) is 14.3 Å². The summed E-state index contributed by atoms with van der Waals surface area (Å²) in [6.45, 7) is 13.6. The molecule has 1 N–H and O–H groups in total. The molecule has 0 aliphatic carbocycles. The third kappa shape index (κ3) is 4.38. The highest BCUT2D eigenvalue weighted by atomic mass is 16.7. The van der Waals surface area contributed by atoms with E-state index in [0.29, 0.717) is 19.6 Å². The van der Waals surface area contributed by atoms with Crippen LogP contribution in [0.4, 0.5) is 11.4 Å². The average molecular weight is 360 g/mol. The summed E-state index contributed by atoms with van der Waals surface area (Å²) in [6, 6.07) is 4.35. The molecule has 0 radical (unpaired) electrons. The maximum Gasteiger partial charge on any atom is 0.224 e. The largest absolute Gasteiger partial charge is 0.371 e. The molecule has 2 fully saturated rings. The molecule has 2 aliphatic heterocycles. The molecule has 2 aliphatic rings. The number of hydrogen-bond acceptors (Lipinski definition) is 4. The number of carbonyl (C=O) groups excluding carboxylic acids is 1. The first-order chi connectivity index (χ1) is 12.2. The van der Waals surface area contributed by atoms with Gasteiger partial charge in [-0.3, -0.25) is 4.79 Å². The maximum atomic E-state index is 12.3. The standard InChI is InChI=1S/C21H32N2O3/c1-15-12-17(23-8-6-21(7-9-23)25-10-11-26-21)13-16(2)19(15)22-18(24)14-20(3,4)5/h12-13H,6-11,14H2,1-5H3,(H,22,24). The fraction of sp³-hybridized carbons (Fsp3) is 0.667. The summed E-state index contributed by atoms with van der Waals surface area (Å²) in [7, 11) is 0. The van der Waals surface area contributed by atoms with Gasteiger partial charge in [-0.05, 0) is 42.5 Å². The van der Waals surface area contributed by atoms with Crippen LogP contribution in [-0.4, -0.2) is 38.0 Å². The van der Waals surface area contributed by atoms with Crippen molar-refractivity contribution >= 4 is 17.3 Å². The molecule has 0 unspecified atom stereocenters. The maximum absolute atomic E-state index is 12.3. The minimum absolute atomic E-state index is 0.0139. The summed E-state index contributed by atoms with van der Waals surface area (Å²) >= 11 is 0. The van der Waals surface area contributed by atoms with E-state index in [1.165, 1.54) is 5.69 Å². The van der Waals surface area contributed by atoms with Gasteiger partial charge in [-0.15, -0.1) is 0 Å². The lowest BCUT2D eigenvalue weighted by Crippen LogP contribution is -2.45. The molecule has 26 heavy (non-hydrogen) atoms. The van der Waals surface area contributed by atoms with Crippen molar-refractivity contribution in [3.8, 4) is 0 Å². The van der Waals surface area contributed by atoms with Gasteiger partial charge in [-0.2, -0.15) is 0 Å². The van der Waals surface area contributed by atoms with E-state index in [1.807, 2.05) is 0 Å². The molecule has 1 aromatic carbocycles. The molecule has 2 heterocycles. The number of nitrogens with one attached hydrogen (secondary N) is 1. The lowest BCUT2D eigenvalue weighted by molar-refractivity contribution is -0.169. The van der Waals surface area contributed by atoms with Crippen molar-refractivity contribution in [1.29, 1.82) is 0 Å². The Morgan fingerprint density at radius 2 is 1.65 bits per heavy atom. The van der Waals surface area contributed by atoms with Gasteiger partial charge in [-0.25, -0.2) is 0 Å². The van der Waals surface area contributed by atoms with Crippen molar-refractivity contribution in [1.82, 2.24) is 0 Å². The summed E-state index contributed by atoms with van der Waals surface area (Å²) in [5.74, 6) is -0.270. The second kappa shape index (κ2) is 7.20.